The fourth-order valence-corrected chi connectivity index (χ4v) is 2.48. The van der Waals surface area contributed by atoms with E-state index in [9.17, 15) is 0 Å². The van der Waals surface area contributed by atoms with Crippen molar-refractivity contribution >= 4 is 0 Å². The van der Waals surface area contributed by atoms with Crippen molar-refractivity contribution in [2.75, 3.05) is 53.4 Å². The summed E-state index contributed by atoms with van der Waals surface area (Å²) in [5, 5.41) is 6.47. The molecular formula is C16H38N4. The normalized spacial score (nSPS) is 11.4. The highest BCUT2D eigenvalue weighted by atomic mass is 15.1. The Bertz CT molecular complexity index is 166. The first-order valence-electron chi connectivity index (χ1n) is 8.56. The van der Waals surface area contributed by atoms with Crippen LogP contribution in [0.1, 0.15) is 51.4 Å². The number of nitrogens with one attached hydrogen (secondary N) is 2. The summed E-state index contributed by atoms with van der Waals surface area (Å²) in [6.07, 6.45) is 10.5. The van der Waals surface area contributed by atoms with Crippen molar-refractivity contribution in [3.8, 4) is 0 Å². The molecule has 4 nitrogen and oxygen atoms in total. The molecule has 4 N–H and O–H groups in total. The quantitative estimate of drug-likeness (QED) is 0.379. The fourth-order valence-electron chi connectivity index (χ4n) is 2.48. The van der Waals surface area contributed by atoms with E-state index in [1.54, 1.807) is 0 Å². The topological polar surface area (TPSA) is 53.3 Å². The third-order valence-corrected chi connectivity index (χ3v) is 3.73. The number of rotatable bonds is 16. The Morgan fingerprint density at radius 1 is 0.650 bits per heavy atom. The summed E-state index contributed by atoms with van der Waals surface area (Å²) in [6, 6.07) is 0. The minimum Gasteiger partial charge on any atom is -0.330 e. The second-order valence-corrected chi connectivity index (χ2v) is 5.67. The third-order valence-electron chi connectivity index (χ3n) is 3.73. The Hall–Kier alpha value is -0.160. The number of hydrogen-bond acceptors (Lipinski definition) is 4. The zero-order valence-corrected chi connectivity index (χ0v) is 13.9. The molecule has 0 aromatic heterocycles. The van der Waals surface area contributed by atoms with Crippen molar-refractivity contribution in [2.24, 2.45) is 5.73 Å². The third kappa shape index (κ3) is 14.3. The van der Waals surface area contributed by atoms with Gasteiger partial charge in [0.05, 0.1) is 0 Å². The minimum atomic E-state index is 0.852. The monoisotopic (exact) mass is 286 g/mol. The number of nitrogens with zero attached hydrogens (tertiary/aromatic N) is 1. The van der Waals surface area contributed by atoms with Crippen molar-refractivity contribution in [2.45, 2.75) is 51.4 Å². The van der Waals surface area contributed by atoms with E-state index < -0.39 is 0 Å². The molecule has 0 saturated carbocycles. The molecule has 0 fully saturated rings. The Balaban J connectivity index is 3.56. The maximum absolute atomic E-state index is 5.51. The second kappa shape index (κ2) is 16.9. The fraction of sp³-hybridized carbons (Fsp3) is 1.00. The molecule has 0 aromatic carbocycles. The standard InChI is InChI=1S/C16H38N4/c1-18-12-9-15-20(16-10-13-19-2)14-8-6-4-3-5-7-11-17/h18-19H,3-17H2,1-2H3. The van der Waals surface area contributed by atoms with Gasteiger partial charge in [0.15, 0.2) is 0 Å². The van der Waals surface area contributed by atoms with Gasteiger partial charge in [-0.2, -0.15) is 0 Å². The Kier molecular flexibility index (Phi) is 16.8. The molecule has 0 bridgehead atoms. The van der Waals surface area contributed by atoms with Crippen LogP contribution >= 0.6 is 0 Å². The lowest BCUT2D eigenvalue weighted by Crippen LogP contribution is -2.30. The van der Waals surface area contributed by atoms with Crippen LogP contribution in [0.15, 0.2) is 0 Å². The lowest BCUT2D eigenvalue weighted by Gasteiger charge is -2.22. The van der Waals surface area contributed by atoms with Gasteiger partial charge < -0.3 is 21.3 Å². The molecule has 20 heavy (non-hydrogen) atoms. The number of nitrogens with two attached hydrogens (primary N) is 1. The number of hydrogen-bond donors (Lipinski definition) is 3. The van der Waals surface area contributed by atoms with Crippen molar-refractivity contribution in [3.63, 3.8) is 0 Å². The minimum absolute atomic E-state index is 0.852. The van der Waals surface area contributed by atoms with E-state index in [0.717, 1.165) is 19.6 Å². The van der Waals surface area contributed by atoms with Crippen LogP contribution in [-0.4, -0.2) is 58.3 Å². The highest BCUT2D eigenvalue weighted by Crippen LogP contribution is 2.06. The predicted molar refractivity (Wildman–Crippen MR) is 90.3 cm³/mol. The van der Waals surface area contributed by atoms with Gasteiger partial charge >= 0.3 is 0 Å². The molecule has 0 aliphatic carbocycles. The molecule has 0 saturated heterocycles. The molecule has 4 heteroatoms. The lowest BCUT2D eigenvalue weighted by molar-refractivity contribution is 0.259. The molecule has 0 radical (unpaired) electrons. The van der Waals surface area contributed by atoms with Gasteiger partial charge in [-0.1, -0.05) is 25.7 Å². The number of unbranched alkanes of at least 4 members (excludes halogenated alkanes) is 5. The summed E-state index contributed by atoms with van der Waals surface area (Å²) >= 11 is 0. The zero-order chi connectivity index (χ0) is 14.9. The zero-order valence-electron chi connectivity index (χ0n) is 13.9. The van der Waals surface area contributed by atoms with E-state index in [1.807, 2.05) is 14.1 Å². The van der Waals surface area contributed by atoms with Crippen molar-refractivity contribution in [1.82, 2.24) is 15.5 Å². The van der Waals surface area contributed by atoms with Gasteiger partial charge in [-0.3, -0.25) is 0 Å². The van der Waals surface area contributed by atoms with E-state index in [0.29, 0.717) is 0 Å². The molecule has 0 unspecified atom stereocenters. The molecular weight excluding hydrogens is 248 g/mol. The second-order valence-electron chi connectivity index (χ2n) is 5.67. The summed E-state index contributed by atoms with van der Waals surface area (Å²) in [6.45, 7) is 6.84. The molecule has 0 amide bonds. The van der Waals surface area contributed by atoms with Gasteiger partial charge in [0, 0.05) is 0 Å². The van der Waals surface area contributed by atoms with Gasteiger partial charge in [-0.05, 0) is 79.0 Å². The van der Waals surface area contributed by atoms with Crippen LogP contribution < -0.4 is 16.4 Å². The van der Waals surface area contributed by atoms with Crippen molar-refractivity contribution in [3.05, 3.63) is 0 Å². The van der Waals surface area contributed by atoms with Crippen LogP contribution in [0.25, 0.3) is 0 Å². The highest BCUT2D eigenvalue weighted by molar-refractivity contribution is 4.60. The van der Waals surface area contributed by atoms with Gasteiger partial charge in [0.1, 0.15) is 0 Å². The first kappa shape index (κ1) is 19.8. The van der Waals surface area contributed by atoms with E-state index in [4.69, 9.17) is 5.73 Å². The van der Waals surface area contributed by atoms with Crippen LogP contribution in [0, 0.1) is 0 Å². The predicted octanol–water partition coefficient (Wildman–Crippen LogP) is 1.81. The molecule has 0 aromatic rings. The van der Waals surface area contributed by atoms with Crippen LogP contribution in [0.2, 0.25) is 0 Å². The lowest BCUT2D eigenvalue weighted by atomic mass is 10.1. The van der Waals surface area contributed by atoms with Crippen molar-refractivity contribution in [1.29, 1.82) is 0 Å². The smallest absolute Gasteiger partial charge is 0.000663 e. The van der Waals surface area contributed by atoms with Gasteiger partial charge in [-0.15, -0.1) is 0 Å². The van der Waals surface area contributed by atoms with E-state index >= 15 is 0 Å². The van der Waals surface area contributed by atoms with E-state index in [2.05, 4.69) is 15.5 Å². The summed E-state index contributed by atoms with van der Waals surface area (Å²) in [5.74, 6) is 0. The van der Waals surface area contributed by atoms with Gasteiger partial charge in [-0.25, -0.2) is 0 Å². The Morgan fingerprint density at radius 3 is 1.60 bits per heavy atom. The highest BCUT2D eigenvalue weighted by Gasteiger charge is 2.04. The first-order chi connectivity index (χ1) is 9.85. The van der Waals surface area contributed by atoms with Crippen LogP contribution in [0.5, 0.6) is 0 Å². The molecule has 0 aliphatic rings. The first-order valence-corrected chi connectivity index (χ1v) is 8.56. The van der Waals surface area contributed by atoms with E-state index in [1.165, 1.54) is 71.0 Å². The van der Waals surface area contributed by atoms with Crippen LogP contribution in [0.4, 0.5) is 0 Å². The summed E-state index contributed by atoms with van der Waals surface area (Å²) in [7, 11) is 4.07. The molecule has 122 valence electrons. The summed E-state index contributed by atoms with van der Waals surface area (Å²) in [4.78, 5) is 2.63. The van der Waals surface area contributed by atoms with Crippen LogP contribution in [0.3, 0.4) is 0 Å². The summed E-state index contributed by atoms with van der Waals surface area (Å²) in [5.41, 5.74) is 5.51. The maximum atomic E-state index is 5.51. The van der Waals surface area contributed by atoms with Gasteiger partial charge in [0.2, 0.25) is 0 Å². The van der Waals surface area contributed by atoms with Crippen LogP contribution in [-0.2, 0) is 0 Å². The Labute approximate surface area is 126 Å². The average Bonchev–Trinajstić information content (AvgIpc) is 2.46. The largest absolute Gasteiger partial charge is 0.330 e. The average molecular weight is 287 g/mol. The molecule has 0 spiro atoms. The molecule has 0 aliphatic heterocycles. The molecule has 0 heterocycles. The maximum Gasteiger partial charge on any atom is -0.000663 e. The summed E-state index contributed by atoms with van der Waals surface area (Å²) < 4.78 is 0. The molecule has 0 rings (SSSR count). The van der Waals surface area contributed by atoms with E-state index in [-0.39, 0.29) is 0 Å². The SMILES string of the molecule is CNCCCN(CCCCCCCCN)CCCNC. The Morgan fingerprint density at radius 2 is 1.10 bits per heavy atom. The molecule has 0 atom stereocenters. The van der Waals surface area contributed by atoms with Crippen molar-refractivity contribution < 1.29 is 0 Å². The van der Waals surface area contributed by atoms with Gasteiger partial charge in [0.25, 0.3) is 0 Å².